The van der Waals surface area contributed by atoms with Crippen LogP contribution in [0.1, 0.15) is 42.6 Å². The Morgan fingerprint density at radius 2 is 1.77 bits per heavy atom. The van der Waals surface area contributed by atoms with Gasteiger partial charge in [0.2, 0.25) is 0 Å². The van der Waals surface area contributed by atoms with Gasteiger partial charge >= 0.3 is 0 Å². The molecule has 0 atom stereocenters. The maximum atomic E-state index is 13.3. The van der Waals surface area contributed by atoms with Gasteiger partial charge in [0.15, 0.2) is 17.5 Å². The SMILES string of the molecule is O=C(Nc1cc(F)c(F)c(F)c1)c1ccc(Cl)c(SC2CCCCC2)n1. The van der Waals surface area contributed by atoms with Crippen molar-refractivity contribution in [3.63, 3.8) is 0 Å². The Morgan fingerprint density at radius 1 is 1.12 bits per heavy atom. The molecule has 0 saturated heterocycles. The highest BCUT2D eigenvalue weighted by atomic mass is 35.5. The first-order valence-corrected chi connectivity index (χ1v) is 9.49. The average Bonchev–Trinajstić information content (AvgIpc) is 2.62. The van der Waals surface area contributed by atoms with Gasteiger partial charge in [-0.1, -0.05) is 30.9 Å². The number of carbonyl (C=O) groups is 1. The molecule has 1 aliphatic carbocycles. The molecule has 1 heterocycles. The van der Waals surface area contributed by atoms with Gasteiger partial charge in [0.05, 0.1) is 5.02 Å². The van der Waals surface area contributed by atoms with Gasteiger partial charge in [-0.3, -0.25) is 4.79 Å². The molecule has 2 aromatic rings. The second kappa shape index (κ2) is 8.31. The number of pyridine rings is 1. The third kappa shape index (κ3) is 4.51. The number of thioether (sulfide) groups is 1. The summed E-state index contributed by atoms with van der Waals surface area (Å²) in [5, 5.41) is 3.74. The van der Waals surface area contributed by atoms with Crippen LogP contribution in [-0.4, -0.2) is 16.1 Å². The maximum Gasteiger partial charge on any atom is 0.274 e. The normalized spacial score (nSPS) is 15.1. The van der Waals surface area contributed by atoms with E-state index in [1.165, 1.54) is 12.5 Å². The summed E-state index contributed by atoms with van der Waals surface area (Å²) in [7, 11) is 0. The number of aromatic nitrogens is 1. The lowest BCUT2D eigenvalue weighted by Crippen LogP contribution is -2.15. The van der Waals surface area contributed by atoms with Gasteiger partial charge < -0.3 is 5.32 Å². The van der Waals surface area contributed by atoms with Crippen molar-refractivity contribution in [1.82, 2.24) is 4.98 Å². The molecule has 3 nitrogen and oxygen atoms in total. The second-order valence-corrected chi connectivity index (χ2v) is 7.77. The maximum absolute atomic E-state index is 13.3. The van der Waals surface area contributed by atoms with Gasteiger partial charge in [0, 0.05) is 23.1 Å². The lowest BCUT2D eigenvalue weighted by atomic mass is 10.0. The zero-order valence-corrected chi connectivity index (χ0v) is 15.3. The fourth-order valence-electron chi connectivity index (χ4n) is 2.80. The van der Waals surface area contributed by atoms with Crippen LogP contribution in [0.3, 0.4) is 0 Å². The van der Waals surface area contributed by atoms with Crippen molar-refractivity contribution in [2.24, 2.45) is 0 Å². The van der Waals surface area contributed by atoms with Crippen LogP contribution in [0, 0.1) is 17.5 Å². The van der Waals surface area contributed by atoms with E-state index in [0.717, 1.165) is 25.7 Å². The Labute approximate surface area is 158 Å². The van der Waals surface area contributed by atoms with Crippen molar-refractivity contribution in [3.8, 4) is 0 Å². The number of halogens is 4. The molecule has 138 valence electrons. The first kappa shape index (κ1) is 19.0. The van der Waals surface area contributed by atoms with Crippen LogP contribution in [0.15, 0.2) is 29.3 Å². The zero-order valence-electron chi connectivity index (χ0n) is 13.7. The number of hydrogen-bond donors (Lipinski definition) is 1. The van der Waals surface area contributed by atoms with E-state index in [0.29, 0.717) is 27.4 Å². The number of benzene rings is 1. The molecule has 0 unspecified atom stereocenters. The van der Waals surface area contributed by atoms with E-state index in [-0.39, 0.29) is 11.4 Å². The van der Waals surface area contributed by atoms with Gasteiger partial charge in [-0.25, -0.2) is 18.2 Å². The largest absolute Gasteiger partial charge is 0.320 e. The highest BCUT2D eigenvalue weighted by Crippen LogP contribution is 2.36. The molecule has 1 N–H and O–H groups in total. The summed E-state index contributed by atoms with van der Waals surface area (Å²) < 4.78 is 39.5. The van der Waals surface area contributed by atoms with Crippen LogP contribution in [0.25, 0.3) is 0 Å². The van der Waals surface area contributed by atoms with Crippen LogP contribution in [0.5, 0.6) is 0 Å². The Kier molecular flexibility index (Phi) is 6.09. The van der Waals surface area contributed by atoms with Gasteiger partial charge in [0.25, 0.3) is 5.91 Å². The Morgan fingerprint density at radius 3 is 2.42 bits per heavy atom. The lowest BCUT2D eigenvalue weighted by molar-refractivity contribution is 0.102. The Bertz CT molecular complexity index is 805. The van der Waals surface area contributed by atoms with Crippen molar-refractivity contribution >= 4 is 35.0 Å². The van der Waals surface area contributed by atoms with E-state index < -0.39 is 23.4 Å². The molecule has 3 rings (SSSR count). The minimum absolute atomic E-state index is 0.0675. The summed E-state index contributed by atoms with van der Waals surface area (Å²) >= 11 is 7.73. The summed E-state index contributed by atoms with van der Waals surface area (Å²) in [4.78, 5) is 16.6. The minimum Gasteiger partial charge on any atom is -0.320 e. The standard InChI is InChI=1S/C18H16ClF3N2OS/c19-12-6-7-15(24-18(12)26-11-4-2-1-3-5-11)17(25)23-10-8-13(20)16(22)14(21)9-10/h6-9,11H,1-5H2,(H,23,25). The number of nitrogens with zero attached hydrogens (tertiary/aromatic N) is 1. The smallest absolute Gasteiger partial charge is 0.274 e. The monoisotopic (exact) mass is 400 g/mol. The van der Waals surface area contributed by atoms with Gasteiger partial charge in [-0.15, -0.1) is 11.8 Å². The van der Waals surface area contributed by atoms with E-state index in [1.54, 1.807) is 17.8 Å². The fraction of sp³-hybridized carbons (Fsp3) is 0.333. The molecule has 0 bridgehead atoms. The molecule has 0 spiro atoms. The van der Waals surface area contributed by atoms with Crippen LogP contribution < -0.4 is 5.32 Å². The van der Waals surface area contributed by atoms with E-state index in [9.17, 15) is 18.0 Å². The van der Waals surface area contributed by atoms with E-state index in [4.69, 9.17) is 11.6 Å². The van der Waals surface area contributed by atoms with Crippen molar-refractivity contribution < 1.29 is 18.0 Å². The molecule has 1 saturated carbocycles. The summed E-state index contributed by atoms with van der Waals surface area (Å²) in [6, 6.07) is 4.42. The van der Waals surface area contributed by atoms with Crippen LogP contribution >= 0.6 is 23.4 Å². The van der Waals surface area contributed by atoms with E-state index >= 15 is 0 Å². The highest BCUT2D eigenvalue weighted by molar-refractivity contribution is 8.00. The van der Waals surface area contributed by atoms with Gasteiger partial charge in [-0.05, 0) is 25.0 Å². The summed E-state index contributed by atoms with van der Waals surface area (Å²) in [6.07, 6.45) is 5.71. The third-order valence-corrected chi connectivity index (χ3v) is 5.87. The van der Waals surface area contributed by atoms with Crippen LogP contribution in [0.2, 0.25) is 5.02 Å². The van der Waals surface area contributed by atoms with E-state index in [1.807, 2.05) is 0 Å². The summed E-state index contributed by atoms with van der Waals surface area (Å²) in [6.45, 7) is 0. The molecule has 1 aromatic heterocycles. The number of hydrogen-bond acceptors (Lipinski definition) is 3. The van der Waals surface area contributed by atoms with Crippen molar-refractivity contribution in [1.29, 1.82) is 0 Å². The highest BCUT2D eigenvalue weighted by Gasteiger charge is 2.19. The predicted molar refractivity (Wildman–Crippen MR) is 96.2 cm³/mol. The number of rotatable bonds is 4. The van der Waals surface area contributed by atoms with Crippen molar-refractivity contribution in [2.45, 2.75) is 42.4 Å². The quantitative estimate of drug-likeness (QED) is 0.656. The topological polar surface area (TPSA) is 42.0 Å². The number of amides is 1. The summed E-state index contributed by atoms with van der Waals surface area (Å²) in [5.41, 5.74) is -0.123. The van der Waals surface area contributed by atoms with Crippen molar-refractivity contribution in [2.75, 3.05) is 5.32 Å². The molecule has 0 aliphatic heterocycles. The molecule has 26 heavy (non-hydrogen) atoms. The molecule has 1 amide bonds. The van der Waals surface area contributed by atoms with Crippen molar-refractivity contribution in [3.05, 3.63) is 52.4 Å². The molecule has 0 radical (unpaired) electrons. The number of carbonyl (C=O) groups excluding carboxylic acids is 1. The van der Waals surface area contributed by atoms with Gasteiger partial charge in [-0.2, -0.15) is 0 Å². The Hall–Kier alpha value is -1.73. The molecular weight excluding hydrogens is 385 g/mol. The van der Waals surface area contributed by atoms with Gasteiger partial charge in [0.1, 0.15) is 10.7 Å². The molecular formula is C18H16ClF3N2OS. The second-order valence-electron chi connectivity index (χ2n) is 6.07. The summed E-state index contributed by atoms with van der Waals surface area (Å²) in [5.74, 6) is -4.99. The molecule has 1 aliphatic rings. The van der Waals surface area contributed by atoms with E-state index in [2.05, 4.69) is 10.3 Å². The van der Waals surface area contributed by atoms with Crippen LogP contribution in [-0.2, 0) is 0 Å². The fourth-order valence-corrected chi connectivity index (χ4v) is 4.25. The lowest BCUT2D eigenvalue weighted by Gasteiger charge is -2.21. The minimum atomic E-state index is -1.58. The first-order valence-electron chi connectivity index (χ1n) is 8.23. The predicted octanol–water partition coefficient (Wildman–Crippen LogP) is 5.83. The molecule has 1 fully saturated rings. The number of nitrogens with one attached hydrogen (secondary N) is 1. The Balaban J connectivity index is 1.76. The first-order chi connectivity index (χ1) is 12.4. The third-order valence-electron chi connectivity index (χ3n) is 4.12. The number of anilines is 1. The zero-order chi connectivity index (χ0) is 18.7. The average molecular weight is 401 g/mol. The molecule has 8 heteroatoms. The molecule has 1 aromatic carbocycles. The van der Waals surface area contributed by atoms with Crippen LogP contribution in [0.4, 0.5) is 18.9 Å².